The topological polar surface area (TPSA) is 94.9 Å². The van der Waals surface area contributed by atoms with Crippen LogP contribution in [0.3, 0.4) is 0 Å². The first-order valence-electron chi connectivity index (χ1n) is 11.8. The lowest BCUT2D eigenvalue weighted by Gasteiger charge is -2.19. The maximum atomic E-state index is 12.8. The van der Waals surface area contributed by atoms with Crippen LogP contribution in [0.1, 0.15) is 38.2 Å². The molecule has 0 saturated heterocycles. The predicted octanol–water partition coefficient (Wildman–Crippen LogP) is 4.54. The number of carbonyl (C=O) groups is 2. The van der Waals surface area contributed by atoms with Crippen LogP contribution in [0.15, 0.2) is 54.6 Å². The first-order chi connectivity index (χ1) is 17.1. The predicted molar refractivity (Wildman–Crippen MR) is 138 cm³/mol. The maximum absolute atomic E-state index is 12.8. The van der Waals surface area contributed by atoms with Crippen molar-refractivity contribution in [1.82, 2.24) is 20.0 Å². The van der Waals surface area contributed by atoms with Gasteiger partial charge in [0.1, 0.15) is 23.7 Å². The molecule has 2 amide bonds. The SMILES string of the molecule is CCN(C)C(=O)c1cc(-c2ccc(OCCNC(=O)OC(C)(C)C)cc2)n(-c2ccc(OC)cc2)n1. The Morgan fingerprint density at radius 1 is 1.03 bits per heavy atom. The van der Waals surface area contributed by atoms with Crippen molar-refractivity contribution in [2.75, 3.05) is 33.9 Å². The van der Waals surface area contributed by atoms with E-state index in [1.54, 1.807) is 29.8 Å². The number of aromatic nitrogens is 2. The molecular formula is C27H34N4O5. The summed E-state index contributed by atoms with van der Waals surface area (Å²) < 4.78 is 18.0. The summed E-state index contributed by atoms with van der Waals surface area (Å²) >= 11 is 0. The van der Waals surface area contributed by atoms with E-state index >= 15 is 0 Å². The molecule has 0 aliphatic carbocycles. The van der Waals surface area contributed by atoms with E-state index in [9.17, 15) is 9.59 Å². The lowest BCUT2D eigenvalue weighted by atomic mass is 10.1. The zero-order valence-electron chi connectivity index (χ0n) is 21.7. The third kappa shape index (κ3) is 7.00. The molecule has 1 heterocycles. The number of amides is 2. The Morgan fingerprint density at radius 3 is 2.25 bits per heavy atom. The van der Waals surface area contributed by atoms with Gasteiger partial charge in [0.15, 0.2) is 5.69 Å². The van der Waals surface area contributed by atoms with Gasteiger partial charge in [-0.3, -0.25) is 4.79 Å². The average Bonchev–Trinajstić information content (AvgIpc) is 3.30. The molecule has 0 unspecified atom stereocenters. The maximum Gasteiger partial charge on any atom is 0.407 e. The van der Waals surface area contributed by atoms with Crippen LogP contribution in [0.25, 0.3) is 16.9 Å². The number of rotatable bonds is 9. The zero-order valence-corrected chi connectivity index (χ0v) is 21.7. The first kappa shape index (κ1) is 26.6. The van der Waals surface area contributed by atoms with Crippen LogP contribution in [0.5, 0.6) is 11.5 Å². The first-order valence-corrected chi connectivity index (χ1v) is 11.8. The minimum absolute atomic E-state index is 0.150. The van der Waals surface area contributed by atoms with Crippen molar-refractivity contribution in [2.24, 2.45) is 0 Å². The van der Waals surface area contributed by atoms with Gasteiger partial charge in [0, 0.05) is 19.2 Å². The summed E-state index contributed by atoms with van der Waals surface area (Å²) in [7, 11) is 3.36. The highest BCUT2D eigenvalue weighted by Crippen LogP contribution is 2.27. The van der Waals surface area contributed by atoms with Crippen molar-refractivity contribution >= 4 is 12.0 Å². The molecule has 3 aromatic rings. The number of ether oxygens (including phenoxy) is 3. The average molecular weight is 495 g/mol. The van der Waals surface area contributed by atoms with Gasteiger partial charge in [-0.2, -0.15) is 5.10 Å². The molecule has 192 valence electrons. The highest BCUT2D eigenvalue weighted by Gasteiger charge is 2.19. The fourth-order valence-corrected chi connectivity index (χ4v) is 3.31. The summed E-state index contributed by atoms with van der Waals surface area (Å²) in [5.74, 6) is 1.24. The quantitative estimate of drug-likeness (QED) is 0.439. The Labute approximate surface area is 212 Å². The zero-order chi connectivity index (χ0) is 26.3. The normalized spacial score (nSPS) is 11.1. The molecule has 0 spiro atoms. The lowest BCUT2D eigenvalue weighted by molar-refractivity contribution is 0.0520. The van der Waals surface area contributed by atoms with Crippen LogP contribution in [0.2, 0.25) is 0 Å². The molecule has 0 aliphatic rings. The van der Waals surface area contributed by atoms with Crippen LogP contribution >= 0.6 is 0 Å². The molecule has 1 N–H and O–H groups in total. The summed E-state index contributed by atoms with van der Waals surface area (Å²) in [5, 5.41) is 7.27. The van der Waals surface area contributed by atoms with Gasteiger partial charge in [0.2, 0.25) is 0 Å². The van der Waals surface area contributed by atoms with Gasteiger partial charge in [-0.15, -0.1) is 0 Å². The number of hydrogen-bond donors (Lipinski definition) is 1. The van der Waals surface area contributed by atoms with E-state index in [-0.39, 0.29) is 5.91 Å². The number of benzene rings is 2. The van der Waals surface area contributed by atoms with Crippen LogP contribution in [0.4, 0.5) is 4.79 Å². The van der Waals surface area contributed by atoms with Crippen molar-refractivity contribution in [3.05, 3.63) is 60.3 Å². The molecule has 36 heavy (non-hydrogen) atoms. The summed E-state index contributed by atoms with van der Waals surface area (Å²) in [4.78, 5) is 26.2. The number of nitrogens with zero attached hydrogens (tertiary/aromatic N) is 3. The van der Waals surface area contributed by atoms with Gasteiger partial charge in [-0.25, -0.2) is 9.48 Å². The Hall–Kier alpha value is -4.01. The monoisotopic (exact) mass is 494 g/mol. The third-order valence-electron chi connectivity index (χ3n) is 5.26. The second-order valence-corrected chi connectivity index (χ2v) is 9.15. The van der Waals surface area contributed by atoms with Gasteiger partial charge < -0.3 is 24.4 Å². The molecule has 0 saturated carbocycles. The molecule has 0 bridgehead atoms. The van der Waals surface area contributed by atoms with E-state index in [2.05, 4.69) is 10.4 Å². The van der Waals surface area contributed by atoms with E-state index < -0.39 is 11.7 Å². The van der Waals surface area contributed by atoms with Gasteiger partial charge in [-0.05, 0) is 82.3 Å². The molecule has 0 atom stereocenters. The van der Waals surface area contributed by atoms with Gasteiger partial charge in [-0.1, -0.05) is 0 Å². The summed E-state index contributed by atoms with van der Waals surface area (Å²) in [6, 6.07) is 16.8. The number of carbonyl (C=O) groups excluding carboxylic acids is 2. The van der Waals surface area contributed by atoms with Crippen LogP contribution in [0, 0.1) is 0 Å². The summed E-state index contributed by atoms with van der Waals surface area (Å²) in [6.45, 7) is 8.55. The van der Waals surface area contributed by atoms with E-state index in [1.165, 1.54) is 0 Å². The summed E-state index contributed by atoms with van der Waals surface area (Å²) in [5.41, 5.74) is 2.26. The lowest BCUT2D eigenvalue weighted by Crippen LogP contribution is -2.34. The number of alkyl carbamates (subject to hydrolysis) is 1. The standard InChI is InChI=1S/C27H34N4O5/c1-7-30(5)25(32)23-18-24(31(29-23)20-10-14-21(34-6)15-11-20)19-8-12-22(13-9-19)35-17-16-28-26(33)36-27(2,3)4/h8-15,18H,7,16-17H2,1-6H3,(H,28,33). The number of nitrogens with one attached hydrogen (secondary N) is 1. The van der Waals surface area contributed by atoms with E-state index in [0.29, 0.717) is 31.1 Å². The highest BCUT2D eigenvalue weighted by molar-refractivity contribution is 5.93. The van der Waals surface area contributed by atoms with Crippen molar-refractivity contribution in [3.63, 3.8) is 0 Å². The van der Waals surface area contributed by atoms with E-state index in [4.69, 9.17) is 14.2 Å². The van der Waals surface area contributed by atoms with Crippen LogP contribution in [-0.2, 0) is 4.74 Å². The highest BCUT2D eigenvalue weighted by atomic mass is 16.6. The second-order valence-electron chi connectivity index (χ2n) is 9.15. The fourth-order valence-electron chi connectivity index (χ4n) is 3.31. The fraction of sp³-hybridized carbons (Fsp3) is 0.370. The minimum Gasteiger partial charge on any atom is -0.497 e. The molecule has 3 rings (SSSR count). The number of hydrogen-bond acceptors (Lipinski definition) is 6. The molecular weight excluding hydrogens is 460 g/mol. The second kappa shape index (κ2) is 11.6. The van der Waals surface area contributed by atoms with Gasteiger partial charge in [0.25, 0.3) is 5.91 Å². The van der Waals surface area contributed by atoms with Gasteiger partial charge >= 0.3 is 6.09 Å². The molecule has 0 aliphatic heterocycles. The van der Waals surface area contributed by atoms with E-state index in [1.807, 2.05) is 76.2 Å². The molecule has 9 nitrogen and oxygen atoms in total. The Morgan fingerprint density at radius 2 is 1.67 bits per heavy atom. The smallest absolute Gasteiger partial charge is 0.407 e. The molecule has 0 fully saturated rings. The van der Waals surface area contributed by atoms with Crippen LogP contribution < -0.4 is 14.8 Å². The Kier molecular flexibility index (Phi) is 8.58. The molecule has 9 heteroatoms. The Bertz CT molecular complexity index is 1160. The van der Waals surface area contributed by atoms with E-state index in [0.717, 1.165) is 22.7 Å². The summed E-state index contributed by atoms with van der Waals surface area (Å²) in [6.07, 6.45) is -0.479. The van der Waals surface area contributed by atoms with Crippen LogP contribution in [-0.4, -0.2) is 66.1 Å². The third-order valence-corrected chi connectivity index (χ3v) is 5.26. The largest absolute Gasteiger partial charge is 0.497 e. The number of methoxy groups -OCH3 is 1. The van der Waals surface area contributed by atoms with Crippen molar-refractivity contribution < 1.29 is 23.8 Å². The Balaban J connectivity index is 1.76. The van der Waals surface area contributed by atoms with Crippen molar-refractivity contribution in [2.45, 2.75) is 33.3 Å². The van der Waals surface area contributed by atoms with Crippen molar-refractivity contribution in [3.8, 4) is 28.4 Å². The molecule has 2 aromatic carbocycles. The molecule has 0 radical (unpaired) electrons. The van der Waals surface area contributed by atoms with Gasteiger partial charge in [0.05, 0.1) is 25.0 Å². The minimum atomic E-state index is -0.546. The molecule has 1 aromatic heterocycles. The van der Waals surface area contributed by atoms with Crippen molar-refractivity contribution in [1.29, 1.82) is 0 Å².